The van der Waals surface area contributed by atoms with Gasteiger partial charge in [0.25, 0.3) is 0 Å². The zero-order valence-corrected chi connectivity index (χ0v) is 12.9. The first-order valence-electron chi connectivity index (χ1n) is 6.41. The molecule has 0 bridgehead atoms. The lowest BCUT2D eigenvalue weighted by atomic mass is 10.1. The van der Waals surface area contributed by atoms with Gasteiger partial charge in [-0.3, -0.25) is 4.98 Å². The van der Waals surface area contributed by atoms with Gasteiger partial charge in [0.1, 0.15) is 17.4 Å². The molecule has 0 saturated carbocycles. The minimum Gasteiger partial charge on any atom is -0.455 e. The van der Waals surface area contributed by atoms with Gasteiger partial charge >= 0.3 is 0 Å². The molecule has 0 radical (unpaired) electrons. The number of benzene rings is 2. The molecule has 3 rings (SSSR count). The van der Waals surface area contributed by atoms with Crippen molar-refractivity contribution in [2.24, 2.45) is 0 Å². The quantitative estimate of drug-likeness (QED) is 0.662. The number of para-hydroxylation sites is 1. The van der Waals surface area contributed by atoms with Gasteiger partial charge < -0.3 is 4.74 Å². The van der Waals surface area contributed by atoms with Crippen molar-refractivity contribution in [2.45, 2.75) is 6.92 Å². The molecule has 0 atom stereocenters. The van der Waals surface area contributed by atoms with E-state index in [9.17, 15) is 5.26 Å². The van der Waals surface area contributed by atoms with Gasteiger partial charge in [-0.25, -0.2) is 0 Å². The van der Waals surface area contributed by atoms with Crippen molar-refractivity contribution in [1.29, 1.82) is 5.26 Å². The first kappa shape index (κ1) is 13.6. The van der Waals surface area contributed by atoms with E-state index in [1.165, 1.54) is 0 Å². The lowest BCUT2D eigenvalue weighted by molar-refractivity contribution is 0.486. The Balaban J connectivity index is 2.14. The number of nitrogens with zero attached hydrogens (tertiary/aromatic N) is 2. The maximum absolute atomic E-state index is 9.28. The number of hydrogen-bond donors (Lipinski definition) is 0. The highest BCUT2D eigenvalue weighted by Gasteiger charge is 2.11. The topological polar surface area (TPSA) is 45.9 Å². The van der Waals surface area contributed by atoms with Crippen LogP contribution in [0.2, 0.25) is 0 Å². The molecule has 0 amide bonds. The van der Waals surface area contributed by atoms with Crippen molar-refractivity contribution in [3.8, 4) is 17.6 Å². The normalized spacial score (nSPS) is 10.3. The average Bonchev–Trinajstić information content (AvgIpc) is 2.51. The summed E-state index contributed by atoms with van der Waals surface area (Å²) in [7, 11) is 0. The summed E-state index contributed by atoms with van der Waals surface area (Å²) < 4.78 is 6.99. The Labute approximate surface area is 130 Å². The van der Waals surface area contributed by atoms with Crippen LogP contribution in [0.3, 0.4) is 0 Å². The number of halogens is 1. The molecule has 0 spiro atoms. The molecule has 3 nitrogen and oxygen atoms in total. The van der Waals surface area contributed by atoms with Gasteiger partial charge in [0.05, 0.1) is 5.52 Å². The van der Waals surface area contributed by atoms with Crippen LogP contribution in [0, 0.1) is 18.3 Å². The molecule has 1 heterocycles. The molecule has 0 saturated heterocycles. The molecule has 4 heteroatoms. The van der Waals surface area contributed by atoms with E-state index in [4.69, 9.17) is 4.74 Å². The van der Waals surface area contributed by atoms with Gasteiger partial charge in [-0.05, 0) is 42.8 Å². The fraction of sp³-hybridized carbons (Fsp3) is 0.0588. The van der Waals surface area contributed by atoms with Gasteiger partial charge in [0.15, 0.2) is 5.75 Å². The standard InChI is InChI=1S/C17H11BrN2O/c1-11-8-13(6-7-15(11)18)21-17-12(9-19)10-20-16-5-3-2-4-14(16)17/h2-8,10H,1H3. The largest absolute Gasteiger partial charge is 0.455 e. The Kier molecular flexibility index (Phi) is 3.59. The lowest BCUT2D eigenvalue weighted by Gasteiger charge is -2.11. The van der Waals surface area contributed by atoms with Crippen LogP contribution in [-0.2, 0) is 0 Å². The molecule has 1 aromatic heterocycles. The number of aryl methyl sites for hydroxylation is 1. The summed E-state index contributed by atoms with van der Waals surface area (Å²) in [4.78, 5) is 4.28. The zero-order chi connectivity index (χ0) is 14.8. The van der Waals surface area contributed by atoms with Crippen LogP contribution in [-0.4, -0.2) is 4.98 Å². The molecule has 0 aliphatic rings. The predicted octanol–water partition coefficient (Wildman–Crippen LogP) is 4.97. The summed E-state index contributed by atoms with van der Waals surface area (Å²) >= 11 is 3.46. The smallest absolute Gasteiger partial charge is 0.156 e. The van der Waals surface area contributed by atoms with E-state index in [0.717, 1.165) is 20.9 Å². The molecular weight excluding hydrogens is 328 g/mol. The third-order valence-corrected chi connectivity index (χ3v) is 4.09. The summed E-state index contributed by atoms with van der Waals surface area (Å²) in [6, 6.07) is 15.5. The Bertz CT molecular complexity index is 868. The fourth-order valence-electron chi connectivity index (χ4n) is 2.10. The monoisotopic (exact) mass is 338 g/mol. The van der Waals surface area contributed by atoms with Gasteiger partial charge in [0.2, 0.25) is 0 Å². The lowest BCUT2D eigenvalue weighted by Crippen LogP contribution is -1.92. The zero-order valence-electron chi connectivity index (χ0n) is 11.3. The second kappa shape index (κ2) is 5.55. The first-order valence-corrected chi connectivity index (χ1v) is 7.20. The number of nitriles is 1. The maximum Gasteiger partial charge on any atom is 0.156 e. The average molecular weight is 339 g/mol. The van der Waals surface area contributed by atoms with Crippen molar-refractivity contribution in [3.63, 3.8) is 0 Å². The molecular formula is C17H11BrN2O. The maximum atomic E-state index is 9.28. The van der Waals surface area contributed by atoms with Crippen LogP contribution < -0.4 is 4.74 Å². The summed E-state index contributed by atoms with van der Waals surface area (Å²) in [5.74, 6) is 1.24. The Morgan fingerprint density at radius 3 is 2.76 bits per heavy atom. The third kappa shape index (κ3) is 2.61. The van der Waals surface area contributed by atoms with Crippen molar-refractivity contribution in [1.82, 2.24) is 4.98 Å². The van der Waals surface area contributed by atoms with E-state index >= 15 is 0 Å². The number of pyridine rings is 1. The molecule has 0 N–H and O–H groups in total. The van der Waals surface area contributed by atoms with E-state index in [1.807, 2.05) is 49.4 Å². The van der Waals surface area contributed by atoms with Crippen LogP contribution in [0.4, 0.5) is 0 Å². The number of fused-ring (bicyclic) bond motifs is 1. The van der Waals surface area contributed by atoms with E-state index in [-0.39, 0.29) is 0 Å². The van der Waals surface area contributed by atoms with Crippen molar-refractivity contribution < 1.29 is 4.74 Å². The molecule has 0 aliphatic carbocycles. The van der Waals surface area contributed by atoms with Gasteiger partial charge in [-0.2, -0.15) is 5.26 Å². The molecule has 0 fully saturated rings. The van der Waals surface area contributed by atoms with Crippen molar-refractivity contribution in [3.05, 3.63) is 64.3 Å². The Morgan fingerprint density at radius 1 is 1.19 bits per heavy atom. The predicted molar refractivity (Wildman–Crippen MR) is 85.4 cm³/mol. The fourth-order valence-corrected chi connectivity index (χ4v) is 2.35. The van der Waals surface area contributed by atoms with Crippen molar-refractivity contribution in [2.75, 3.05) is 0 Å². The third-order valence-electron chi connectivity index (χ3n) is 3.20. The number of rotatable bonds is 2. The summed E-state index contributed by atoms with van der Waals surface area (Å²) in [6.07, 6.45) is 1.55. The van der Waals surface area contributed by atoms with E-state index in [1.54, 1.807) is 6.20 Å². The molecule has 3 aromatic rings. The minimum atomic E-state index is 0.425. The second-order valence-corrected chi connectivity index (χ2v) is 5.50. The van der Waals surface area contributed by atoms with Gasteiger partial charge in [-0.15, -0.1) is 0 Å². The Morgan fingerprint density at radius 2 is 2.00 bits per heavy atom. The highest BCUT2D eigenvalue weighted by atomic mass is 79.9. The molecule has 2 aromatic carbocycles. The molecule has 21 heavy (non-hydrogen) atoms. The van der Waals surface area contributed by atoms with Gasteiger partial charge in [0, 0.05) is 16.1 Å². The molecule has 102 valence electrons. The minimum absolute atomic E-state index is 0.425. The highest BCUT2D eigenvalue weighted by Crippen LogP contribution is 2.33. The second-order valence-electron chi connectivity index (χ2n) is 4.64. The first-order chi connectivity index (χ1) is 10.2. The molecule has 0 unspecified atom stereocenters. The van der Waals surface area contributed by atoms with Gasteiger partial charge in [-0.1, -0.05) is 28.1 Å². The van der Waals surface area contributed by atoms with E-state index in [0.29, 0.717) is 17.1 Å². The number of hydrogen-bond acceptors (Lipinski definition) is 3. The van der Waals surface area contributed by atoms with Crippen LogP contribution >= 0.6 is 15.9 Å². The van der Waals surface area contributed by atoms with E-state index < -0.39 is 0 Å². The molecule has 0 aliphatic heterocycles. The highest BCUT2D eigenvalue weighted by molar-refractivity contribution is 9.10. The van der Waals surface area contributed by atoms with Crippen LogP contribution in [0.1, 0.15) is 11.1 Å². The Hall–Kier alpha value is -2.38. The number of aromatic nitrogens is 1. The number of ether oxygens (including phenoxy) is 1. The van der Waals surface area contributed by atoms with Crippen LogP contribution in [0.5, 0.6) is 11.5 Å². The van der Waals surface area contributed by atoms with Crippen LogP contribution in [0.15, 0.2) is 53.1 Å². The summed E-state index contributed by atoms with van der Waals surface area (Å²) in [5.41, 5.74) is 2.30. The SMILES string of the molecule is Cc1cc(Oc2c(C#N)cnc3ccccc23)ccc1Br. The van der Waals surface area contributed by atoms with E-state index in [2.05, 4.69) is 27.0 Å². The summed E-state index contributed by atoms with van der Waals surface area (Å²) in [6.45, 7) is 1.99. The van der Waals surface area contributed by atoms with Crippen molar-refractivity contribution >= 4 is 26.8 Å². The van der Waals surface area contributed by atoms with Crippen LogP contribution in [0.25, 0.3) is 10.9 Å². The summed E-state index contributed by atoms with van der Waals surface area (Å²) in [5, 5.41) is 10.1.